The van der Waals surface area contributed by atoms with Crippen LogP contribution in [-0.2, 0) is 0 Å². The van der Waals surface area contributed by atoms with Crippen molar-refractivity contribution in [2.75, 3.05) is 4.90 Å². The number of nitrogens with zero attached hydrogens (tertiary/aromatic N) is 2. The molecule has 0 bridgehead atoms. The lowest BCUT2D eigenvalue weighted by Gasteiger charge is -2.26. The van der Waals surface area contributed by atoms with Gasteiger partial charge < -0.3 is 13.7 Å². The molecule has 0 spiro atoms. The second-order valence-electron chi connectivity index (χ2n) is 14.0. The van der Waals surface area contributed by atoms with Crippen LogP contribution in [0.15, 0.2) is 203 Å². The standard InChI is InChI=1S/C51H32N2O2/c1-4-10-47-38(7-1)29-39(32-52-47)35-17-25-42(26-18-35)53(40-21-13-33(14-22-40)36-19-27-50-45(30-36)43-8-2-5-11-48(43)54-50)41-23-15-34(16-24-41)37-20-28-51-46(31-37)44-9-3-6-12-49(44)55-51/h1-32H. The third kappa shape index (κ3) is 5.43. The van der Waals surface area contributed by atoms with Crippen molar-refractivity contribution in [3.05, 3.63) is 194 Å². The van der Waals surface area contributed by atoms with E-state index in [2.05, 4.69) is 157 Å². The number of aromatic nitrogens is 1. The van der Waals surface area contributed by atoms with E-state index in [0.717, 1.165) is 105 Å². The number of para-hydroxylation sites is 3. The predicted octanol–water partition coefficient (Wildman–Crippen LogP) is 14.5. The number of anilines is 3. The summed E-state index contributed by atoms with van der Waals surface area (Å²) in [6.07, 6.45) is 1.96. The monoisotopic (exact) mass is 704 g/mol. The normalized spacial score (nSPS) is 11.6. The fourth-order valence-corrected chi connectivity index (χ4v) is 7.90. The lowest BCUT2D eigenvalue weighted by Crippen LogP contribution is -2.09. The van der Waals surface area contributed by atoms with E-state index in [1.807, 2.05) is 42.6 Å². The second-order valence-corrected chi connectivity index (χ2v) is 14.0. The molecule has 258 valence electrons. The fraction of sp³-hybridized carbons (Fsp3) is 0. The predicted molar refractivity (Wildman–Crippen MR) is 227 cm³/mol. The van der Waals surface area contributed by atoms with Gasteiger partial charge in [-0.25, -0.2) is 0 Å². The zero-order valence-electron chi connectivity index (χ0n) is 29.7. The Morgan fingerprint density at radius 2 is 0.745 bits per heavy atom. The zero-order chi connectivity index (χ0) is 36.3. The Kier molecular flexibility index (Phi) is 7.14. The van der Waals surface area contributed by atoms with E-state index in [4.69, 9.17) is 13.8 Å². The Labute approximate surface area is 317 Å². The van der Waals surface area contributed by atoms with Crippen LogP contribution in [0, 0.1) is 0 Å². The van der Waals surface area contributed by atoms with Gasteiger partial charge in [-0.3, -0.25) is 4.98 Å². The van der Waals surface area contributed by atoms with Crippen molar-refractivity contribution in [2.45, 2.75) is 0 Å². The van der Waals surface area contributed by atoms with Crippen molar-refractivity contribution in [2.24, 2.45) is 0 Å². The molecule has 0 unspecified atom stereocenters. The first-order valence-electron chi connectivity index (χ1n) is 18.5. The van der Waals surface area contributed by atoms with Gasteiger partial charge in [-0.2, -0.15) is 0 Å². The summed E-state index contributed by atoms with van der Waals surface area (Å²) in [6, 6.07) is 66.2. The van der Waals surface area contributed by atoms with Crippen LogP contribution in [0.3, 0.4) is 0 Å². The first-order valence-corrected chi connectivity index (χ1v) is 18.5. The van der Waals surface area contributed by atoms with E-state index in [9.17, 15) is 0 Å². The quantitative estimate of drug-likeness (QED) is 0.173. The number of hydrogen-bond donors (Lipinski definition) is 0. The van der Waals surface area contributed by atoms with Crippen molar-refractivity contribution in [3.8, 4) is 33.4 Å². The lowest BCUT2D eigenvalue weighted by atomic mass is 10.0. The maximum absolute atomic E-state index is 6.10. The summed E-state index contributed by atoms with van der Waals surface area (Å²) in [7, 11) is 0. The molecule has 0 aliphatic rings. The molecule has 4 heteroatoms. The van der Waals surface area contributed by atoms with Gasteiger partial charge in [0.1, 0.15) is 22.3 Å². The maximum Gasteiger partial charge on any atom is 0.135 e. The van der Waals surface area contributed by atoms with Crippen LogP contribution in [0.2, 0.25) is 0 Å². The molecular formula is C51H32N2O2. The van der Waals surface area contributed by atoms with Crippen molar-refractivity contribution in [1.29, 1.82) is 0 Å². The largest absolute Gasteiger partial charge is 0.456 e. The molecule has 8 aromatic carbocycles. The summed E-state index contributed by atoms with van der Waals surface area (Å²) < 4.78 is 12.2. The molecule has 0 aliphatic heterocycles. The van der Waals surface area contributed by atoms with E-state index in [0.29, 0.717) is 0 Å². The van der Waals surface area contributed by atoms with Crippen LogP contribution in [0.5, 0.6) is 0 Å². The Bertz CT molecular complexity index is 3030. The highest BCUT2D eigenvalue weighted by atomic mass is 16.3. The Balaban J connectivity index is 0.970. The fourth-order valence-electron chi connectivity index (χ4n) is 7.90. The number of hydrogen-bond acceptors (Lipinski definition) is 4. The molecule has 11 aromatic rings. The van der Waals surface area contributed by atoms with Crippen LogP contribution in [0.25, 0.3) is 88.2 Å². The highest BCUT2D eigenvalue weighted by molar-refractivity contribution is 6.07. The van der Waals surface area contributed by atoms with Crippen LogP contribution in [0.4, 0.5) is 17.1 Å². The van der Waals surface area contributed by atoms with Crippen LogP contribution >= 0.6 is 0 Å². The number of pyridine rings is 1. The molecule has 11 rings (SSSR count). The van der Waals surface area contributed by atoms with Gasteiger partial charge in [0.2, 0.25) is 0 Å². The summed E-state index contributed by atoms with van der Waals surface area (Å²) in [5.74, 6) is 0. The first-order chi connectivity index (χ1) is 27.2. The van der Waals surface area contributed by atoms with Crippen molar-refractivity contribution in [1.82, 2.24) is 4.98 Å². The lowest BCUT2D eigenvalue weighted by molar-refractivity contribution is 0.668. The van der Waals surface area contributed by atoms with Gasteiger partial charge in [0.05, 0.1) is 5.52 Å². The molecule has 3 heterocycles. The third-order valence-electron chi connectivity index (χ3n) is 10.7. The van der Waals surface area contributed by atoms with Crippen molar-refractivity contribution in [3.63, 3.8) is 0 Å². The summed E-state index contributed by atoms with van der Waals surface area (Å²) in [5.41, 5.74) is 14.6. The molecule has 0 N–H and O–H groups in total. The molecule has 0 radical (unpaired) electrons. The van der Waals surface area contributed by atoms with Crippen LogP contribution in [0.1, 0.15) is 0 Å². The van der Waals surface area contributed by atoms with E-state index >= 15 is 0 Å². The number of rotatable bonds is 6. The van der Waals surface area contributed by atoms with E-state index < -0.39 is 0 Å². The molecule has 0 saturated carbocycles. The molecule has 4 nitrogen and oxygen atoms in total. The van der Waals surface area contributed by atoms with E-state index in [1.165, 1.54) is 0 Å². The SMILES string of the molecule is c1ccc2ncc(-c3ccc(N(c4ccc(-c5ccc6oc7ccccc7c6c5)cc4)c4ccc(-c5ccc6oc7ccccc7c6c5)cc4)cc3)cc2c1. The molecule has 3 aromatic heterocycles. The van der Waals surface area contributed by atoms with Gasteiger partial charge in [-0.05, 0) is 113 Å². The minimum atomic E-state index is 0.900. The molecule has 0 aliphatic carbocycles. The second kappa shape index (κ2) is 12.6. The molecule has 0 atom stereocenters. The summed E-state index contributed by atoms with van der Waals surface area (Å²) >= 11 is 0. The Hall–Kier alpha value is -7.43. The minimum absolute atomic E-state index is 0.900. The van der Waals surface area contributed by atoms with Gasteiger partial charge in [0, 0.05) is 55.8 Å². The Morgan fingerprint density at radius 3 is 1.27 bits per heavy atom. The summed E-state index contributed by atoms with van der Waals surface area (Å²) in [5, 5.41) is 5.64. The van der Waals surface area contributed by atoms with Gasteiger partial charge in [-0.1, -0.05) is 103 Å². The van der Waals surface area contributed by atoms with Gasteiger partial charge in [-0.15, -0.1) is 0 Å². The first kappa shape index (κ1) is 31.1. The molecular weight excluding hydrogens is 673 g/mol. The Morgan fingerprint density at radius 1 is 0.327 bits per heavy atom. The summed E-state index contributed by atoms with van der Waals surface area (Å²) in [4.78, 5) is 7.03. The number of fused-ring (bicyclic) bond motifs is 7. The van der Waals surface area contributed by atoms with Gasteiger partial charge in [0.15, 0.2) is 0 Å². The van der Waals surface area contributed by atoms with Gasteiger partial charge in [0.25, 0.3) is 0 Å². The third-order valence-corrected chi connectivity index (χ3v) is 10.7. The molecule has 0 fully saturated rings. The van der Waals surface area contributed by atoms with Gasteiger partial charge >= 0.3 is 0 Å². The van der Waals surface area contributed by atoms with Crippen molar-refractivity contribution >= 4 is 71.8 Å². The van der Waals surface area contributed by atoms with Crippen LogP contribution < -0.4 is 4.90 Å². The average Bonchev–Trinajstić information content (AvgIpc) is 3.82. The average molecular weight is 705 g/mol. The number of benzene rings is 8. The highest BCUT2D eigenvalue weighted by Crippen LogP contribution is 2.40. The van der Waals surface area contributed by atoms with Crippen molar-refractivity contribution < 1.29 is 8.83 Å². The summed E-state index contributed by atoms with van der Waals surface area (Å²) in [6.45, 7) is 0. The topological polar surface area (TPSA) is 42.4 Å². The smallest absolute Gasteiger partial charge is 0.135 e. The maximum atomic E-state index is 6.10. The zero-order valence-corrected chi connectivity index (χ0v) is 29.7. The molecule has 55 heavy (non-hydrogen) atoms. The highest BCUT2D eigenvalue weighted by Gasteiger charge is 2.16. The van der Waals surface area contributed by atoms with Crippen LogP contribution in [-0.4, -0.2) is 4.98 Å². The van der Waals surface area contributed by atoms with E-state index in [-0.39, 0.29) is 0 Å². The molecule has 0 saturated heterocycles. The minimum Gasteiger partial charge on any atom is -0.456 e. The van der Waals surface area contributed by atoms with E-state index in [1.54, 1.807) is 0 Å². The number of furan rings is 2. The molecule has 0 amide bonds.